The number of likely N-dealkylation sites (tertiary alicyclic amines) is 1. The maximum Gasteiger partial charge on any atom is 0.315 e. The van der Waals surface area contributed by atoms with Crippen LogP contribution in [0, 0.1) is 11.6 Å². The van der Waals surface area contributed by atoms with Crippen molar-refractivity contribution >= 4 is 6.03 Å². The number of carbonyl (C=O) groups excluding carboxylic acids is 1. The molecular weight excluding hydrogens is 346 g/mol. The Morgan fingerprint density at radius 3 is 2.58 bits per heavy atom. The van der Waals surface area contributed by atoms with Crippen molar-refractivity contribution in [2.24, 2.45) is 12.8 Å². The van der Waals surface area contributed by atoms with Crippen molar-refractivity contribution in [1.29, 1.82) is 0 Å². The lowest BCUT2D eigenvalue weighted by Crippen LogP contribution is -2.47. The van der Waals surface area contributed by atoms with Crippen molar-refractivity contribution in [3.63, 3.8) is 0 Å². The average molecular weight is 364 g/mol. The number of aromatic nitrogens is 2. The van der Waals surface area contributed by atoms with Crippen LogP contribution >= 0.6 is 0 Å². The van der Waals surface area contributed by atoms with Crippen LogP contribution in [0.3, 0.4) is 0 Å². The first-order valence-corrected chi connectivity index (χ1v) is 8.06. The third kappa shape index (κ3) is 3.81. The van der Waals surface area contributed by atoms with Gasteiger partial charge in [-0.3, -0.25) is 4.79 Å². The molecule has 7 nitrogen and oxygen atoms in total. The van der Waals surface area contributed by atoms with Gasteiger partial charge in [-0.2, -0.15) is 5.10 Å². The summed E-state index contributed by atoms with van der Waals surface area (Å²) in [6.07, 6.45) is 0.381. The van der Waals surface area contributed by atoms with Gasteiger partial charge in [-0.05, 0) is 6.07 Å². The summed E-state index contributed by atoms with van der Waals surface area (Å²) in [5, 5.41) is 4.18. The SMILES string of the molecule is Cn1nc(C2CC(Oc3cc(F)cc(F)c3)CCN2C(N)=O)ccc1=O. The van der Waals surface area contributed by atoms with Gasteiger partial charge in [-0.25, -0.2) is 18.3 Å². The first-order chi connectivity index (χ1) is 12.3. The first-order valence-electron chi connectivity index (χ1n) is 8.06. The van der Waals surface area contributed by atoms with E-state index in [0.29, 0.717) is 25.1 Å². The number of nitrogens with two attached hydrogens (primary N) is 1. The van der Waals surface area contributed by atoms with Gasteiger partial charge in [0.1, 0.15) is 23.5 Å². The molecule has 1 fully saturated rings. The molecule has 0 radical (unpaired) electrons. The Morgan fingerprint density at radius 2 is 1.96 bits per heavy atom. The quantitative estimate of drug-likeness (QED) is 0.898. The summed E-state index contributed by atoms with van der Waals surface area (Å²) in [7, 11) is 1.51. The Bertz CT molecular complexity index is 866. The molecule has 0 spiro atoms. The summed E-state index contributed by atoms with van der Waals surface area (Å²) in [6, 6.07) is 4.74. The van der Waals surface area contributed by atoms with Crippen molar-refractivity contribution in [2.75, 3.05) is 6.54 Å². The number of carbonyl (C=O) groups is 1. The number of aryl methyl sites for hydroxylation is 1. The fourth-order valence-electron chi connectivity index (χ4n) is 3.07. The van der Waals surface area contributed by atoms with Gasteiger partial charge in [0.2, 0.25) is 0 Å². The molecule has 26 heavy (non-hydrogen) atoms. The molecule has 0 bridgehead atoms. The van der Waals surface area contributed by atoms with Crippen LogP contribution in [0.15, 0.2) is 35.1 Å². The Balaban J connectivity index is 1.84. The number of primary amides is 1. The van der Waals surface area contributed by atoms with Crippen LogP contribution in [0.25, 0.3) is 0 Å². The largest absolute Gasteiger partial charge is 0.490 e. The van der Waals surface area contributed by atoms with Gasteiger partial charge in [0.05, 0.1) is 11.7 Å². The van der Waals surface area contributed by atoms with Crippen molar-refractivity contribution in [1.82, 2.24) is 14.7 Å². The van der Waals surface area contributed by atoms with Crippen LogP contribution in [0.2, 0.25) is 0 Å². The normalized spacial score (nSPS) is 20.0. The van der Waals surface area contributed by atoms with Gasteiger partial charge in [0, 0.05) is 50.7 Å². The van der Waals surface area contributed by atoms with E-state index in [0.717, 1.165) is 18.2 Å². The number of ether oxygens (including phenoxy) is 1. The van der Waals surface area contributed by atoms with E-state index in [9.17, 15) is 18.4 Å². The van der Waals surface area contributed by atoms with Crippen LogP contribution in [0.5, 0.6) is 5.75 Å². The molecule has 2 unspecified atom stereocenters. The second-order valence-electron chi connectivity index (χ2n) is 6.14. The third-order valence-electron chi connectivity index (χ3n) is 4.30. The lowest BCUT2D eigenvalue weighted by atomic mass is 9.96. The molecule has 2 atom stereocenters. The molecule has 3 rings (SSSR count). The molecule has 1 aromatic carbocycles. The smallest absolute Gasteiger partial charge is 0.315 e. The van der Waals surface area contributed by atoms with Crippen LogP contribution < -0.4 is 16.0 Å². The summed E-state index contributed by atoms with van der Waals surface area (Å²) in [4.78, 5) is 24.7. The number of urea groups is 1. The predicted octanol–water partition coefficient (Wildman–Crippen LogP) is 1.72. The first kappa shape index (κ1) is 17.8. The van der Waals surface area contributed by atoms with Crippen molar-refractivity contribution in [3.8, 4) is 5.75 Å². The van der Waals surface area contributed by atoms with Crippen molar-refractivity contribution < 1.29 is 18.3 Å². The second kappa shape index (κ2) is 7.11. The van der Waals surface area contributed by atoms with Gasteiger partial charge in [-0.1, -0.05) is 0 Å². The minimum Gasteiger partial charge on any atom is -0.490 e. The number of piperidine rings is 1. The van der Waals surface area contributed by atoms with Crippen LogP contribution in [0.1, 0.15) is 24.6 Å². The molecule has 2 N–H and O–H groups in total. The molecule has 0 aliphatic carbocycles. The van der Waals surface area contributed by atoms with Crippen LogP contribution in [0.4, 0.5) is 13.6 Å². The Morgan fingerprint density at radius 1 is 1.27 bits per heavy atom. The maximum atomic E-state index is 13.3. The summed E-state index contributed by atoms with van der Waals surface area (Å²) < 4.78 is 33.5. The standard InChI is InChI=1S/C17H18F2N4O3/c1-22-16(24)3-2-14(21-22)15-9-12(4-5-23(15)17(20)25)26-13-7-10(18)6-11(19)8-13/h2-3,6-8,12,15H,4-5,9H2,1H3,(H2,20,25). The predicted molar refractivity (Wildman–Crippen MR) is 88.5 cm³/mol. The number of rotatable bonds is 3. The fraction of sp³-hybridized carbons (Fsp3) is 0.353. The van der Waals surface area contributed by atoms with E-state index in [4.69, 9.17) is 10.5 Å². The molecule has 0 saturated carbocycles. The summed E-state index contributed by atoms with van der Waals surface area (Å²) in [5.74, 6) is -1.39. The molecule has 1 aliphatic rings. The summed E-state index contributed by atoms with van der Waals surface area (Å²) in [6.45, 7) is 0.299. The molecule has 1 aromatic heterocycles. The lowest BCUT2D eigenvalue weighted by molar-refractivity contribution is 0.0738. The van der Waals surface area contributed by atoms with E-state index < -0.39 is 29.8 Å². The molecular formula is C17H18F2N4O3. The minimum atomic E-state index is -0.731. The van der Waals surface area contributed by atoms with Crippen molar-refractivity contribution in [2.45, 2.75) is 25.0 Å². The van der Waals surface area contributed by atoms with Crippen LogP contribution in [-0.2, 0) is 7.05 Å². The van der Waals surface area contributed by atoms with E-state index in [1.807, 2.05) is 0 Å². The van der Waals surface area contributed by atoms with Gasteiger partial charge >= 0.3 is 6.03 Å². The van der Waals surface area contributed by atoms with E-state index in [1.165, 1.54) is 28.8 Å². The number of nitrogens with zero attached hydrogens (tertiary/aromatic N) is 3. The Labute approximate surface area is 148 Å². The molecule has 1 saturated heterocycles. The fourth-order valence-corrected chi connectivity index (χ4v) is 3.07. The van der Waals surface area contributed by atoms with Gasteiger partial charge in [0.25, 0.3) is 5.56 Å². The van der Waals surface area contributed by atoms with E-state index in [2.05, 4.69) is 5.10 Å². The maximum absolute atomic E-state index is 13.3. The zero-order valence-corrected chi connectivity index (χ0v) is 14.1. The highest BCUT2D eigenvalue weighted by molar-refractivity contribution is 5.72. The summed E-state index contributed by atoms with van der Waals surface area (Å²) >= 11 is 0. The molecule has 2 aromatic rings. The zero-order chi connectivity index (χ0) is 18.8. The highest BCUT2D eigenvalue weighted by atomic mass is 19.1. The number of halogens is 2. The molecule has 2 amide bonds. The molecule has 1 aliphatic heterocycles. The second-order valence-corrected chi connectivity index (χ2v) is 6.14. The van der Waals surface area contributed by atoms with Crippen molar-refractivity contribution in [3.05, 3.63) is 58.0 Å². The molecule has 9 heteroatoms. The van der Waals surface area contributed by atoms with E-state index >= 15 is 0 Å². The van der Waals surface area contributed by atoms with E-state index in [1.54, 1.807) is 0 Å². The van der Waals surface area contributed by atoms with Gasteiger partial charge < -0.3 is 15.4 Å². The number of hydrogen-bond donors (Lipinski definition) is 1. The Hall–Kier alpha value is -2.97. The van der Waals surface area contributed by atoms with Crippen LogP contribution in [-0.4, -0.2) is 33.4 Å². The number of benzene rings is 1. The summed E-state index contributed by atoms with van der Waals surface area (Å²) in [5.41, 5.74) is 5.66. The number of amides is 2. The van der Waals surface area contributed by atoms with Gasteiger partial charge in [-0.15, -0.1) is 0 Å². The monoisotopic (exact) mass is 364 g/mol. The minimum absolute atomic E-state index is 0.0761. The topological polar surface area (TPSA) is 90.4 Å². The highest BCUT2D eigenvalue weighted by Gasteiger charge is 2.34. The van der Waals surface area contributed by atoms with E-state index in [-0.39, 0.29) is 11.3 Å². The third-order valence-corrected chi connectivity index (χ3v) is 4.30. The highest BCUT2D eigenvalue weighted by Crippen LogP contribution is 2.32. The average Bonchev–Trinajstić information content (AvgIpc) is 2.56. The zero-order valence-electron chi connectivity index (χ0n) is 14.1. The molecule has 138 valence electrons. The Kier molecular flexibility index (Phi) is 4.88. The lowest BCUT2D eigenvalue weighted by Gasteiger charge is -2.38. The molecule has 2 heterocycles. The van der Waals surface area contributed by atoms with Gasteiger partial charge in [0.15, 0.2) is 0 Å². The number of hydrogen-bond acceptors (Lipinski definition) is 4.